The fourth-order valence-corrected chi connectivity index (χ4v) is 17.9. The predicted molar refractivity (Wildman–Crippen MR) is 621 cm³/mol. The van der Waals surface area contributed by atoms with E-state index < -0.39 is 0 Å². The molecule has 135 heavy (non-hydrogen) atoms. The maximum atomic E-state index is 2.30. The molecule has 24 rings (SSSR count). The highest BCUT2D eigenvalue weighted by molar-refractivity contribution is 6.26. The van der Waals surface area contributed by atoms with Crippen LogP contribution in [0.25, 0.3) is 141 Å². The molecule has 0 bridgehead atoms. The summed E-state index contributed by atoms with van der Waals surface area (Å²) in [5.41, 5.74) is 32.8. The van der Waals surface area contributed by atoms with Gasteiger partial charge in [0, 0.05) is 0 Å². The van der Waals surface area contributed by atoms with E-state index in [1.54, 1.807) is 0 Å². The summed E-state index contributed by atoms with van der Waals surface area (Å²) in [6.07, 6.45) is 4.42. The minimum absolute atomic E-state index is 1.10. The molecule has 0 spiro atoms. The smallest absolute Gasteiger partial charge is 0.00108 e. The number of hydrogen-bond donors (Lipinski definition) is 0. The second-order valence-electron chi connectivity index (χ2n) is 30.1. The van der Waals surface area contributed by atoms with E-state index in [0.717, 1.165) is 25.7 Å². The van der Waals surface area contributed by atoms with Crippen molar-refractivity contribution in [3.8, 4) is 44.5 Å². The number of benzene rings is 20. The van der Waals surface area contributed by atoms with E-state index in [9.17, 15) is 0 Å². The topological polar surface area (TPSA) is 0 Å². The van der Waals surface area contributed by atoms with Gasteiger partial charge in [-0.1, -0.05) is 539 Å². The third-order valence-electron chi connectivity index (χ3n) is 23.1. The Bertz CT molecular complexity index is 6630. The Balaban J connectivity index is 0.000000315. The lowest BCUT2D eigenvalue weighted by Gasteiger charge is -2.12. The molecule has 4 aliphatic carbocycles. The molecule has 0 unspecified atom stereocenters. The van der Waals surface area contributed by atoms with Crippen LogP contribution < -0.4 is 0 Å². The summed E-state index contributed by atoms with van der Waals surface area (Å²) in [7, 11) is 0. The average Bonchev–Trinajstić information content (AvgIpc) is 1.63. The molecule has 0 aromatic heterocycles. The fourth-order valence-electron chi connectivity index (χ4n) is 17.9. The van der Waals surface area contributed by atoms with Gasteiger partial charge in [0.1, 0.15) is 0 Å². The molecule has 0 nitrogen and oxygen atoms in total. The van der Waals surface area contributed by atoms with Gasteiger partial charge in [0.2, 0.25) is 0 Å². The van der Waals surface area contributed by atoms with Gasteiger partial charge in [-0.15, -0.1) is 0 Å². The van der Waals surface area contributed by atoms with E-state index in [-0.39, 0.29) is 0 Å². The van der Waals surface area contributed by atoms with Crippen molar-refractivity contribution in [3.63, 3.8) is 0 Å². The Morgan fingerprint density at radius 2 is 0.430 bits per heavy atom. The van der Waals surface area contributed by atoms with Crippen LogP contribution in [0.3, 0.4) is 0 Å². The molecule has 0 saturated heterocycles. The third-order valence-corrected chi connectivity index (χ3v) is 23.1. The van der Waals surface area contributed by atoms with Gasteiger partial charge in [0.15, 0.2) is 0 Å². The minimum Gasteiger partial charge on any atom is -0.0683 e. The molecule has 0 amide bonds. The Kier molecular flexibility index (Phi) is 52.2. The molecule has 0 N–H and O–H groups in total. The monoisotopic (exact) mass is 1790 g/mol. The maximum absolute atomic E-state index is 2.30. The Labute approximate surface area is 820 Å². The van der Waals surface area contributed by atoms with Gasteiger partial charge in [0.05, 0.1) is 0 Å². The first-order chi connectivity index (χ1) is 66.4. The second-order valence-corrected chi connectivity index (χ2v) is 30.1. The lowest BCUT2D eigenvalue weighted by molar-refractivity contribution is 1.22. The van der Waals surface area contributed by atoms with Crippen molar-refractivity contribution in [1.82, 2.24) is 0 Å². The van der Waals surface area contributed by atoms with E-state index in [0.29, 0.717) is 0 Å². The van der Waals surface area contributed by atoms with Crippen molar-refractivity contribution in [2.45, 2.75) is 268 Å². The van der Waals surface area contributed by atoms with Gasteiger partial charge in [0.25, 0.3) is 0 Å². The van der Waals surface area contributed by atoms with Gasteiger partial charge < -0.3 is 0 Å². The molecule has 0 atom stereocenters. The zero-order valence-corrected chi connectivity index (χ0v) is 90.1. The largest absolute Gasteiger partial charge is 0.0683 e. The number of rotatable bonds is 0. The van der Waals surface area contributed by atoms with Gasteiger partial charge in [-0.3, -0.25) is 0 Å². The van der Waals surface area contributed by atoms with E-state index in [2.05, 4.69) is 382 Å². The molecule has 0 heteroatoms. The molecule has 708 valence electrons. The van der Waals surface area contributed by atoms with Crippen LogP contribution in [-0.4, -0.2) is 0 Å². The van der Waals surface area contributed by atoms with Gasteiger partial charge in [-0.25, -0.2) is 0 Å². The van der Waals surface area contributed by atoms with Crippen molar-refractivity contribution < 1.29 is 0 Å². The Morgan fingerprint density at radius 3 is 0.933 bits per heavy atom. The van der Waals surface area contributed by atoms with E-state index in [1.807, 2.05) is 194 Å². The van der Waals surface area contributed by atoms with Crippen LogP contribution >= 0.6 is 0 Å². The fraction of sp³-hybridized carbons (Fsp3) is 0.289. The first-order valence-electron chi connectivity index (χ1n) is 52.0. The van der Waals surface area contributed by atoms with Crippen molar-refractivity contribution >= 4 is 97.0 Å². The van der Waals surface area contributed by atoms with E-state index in [1.165, 1.54) is 225 Å². The highest BCUT2D eigenvalue weighted by Crippen LogP contribution is 2.44. The lowest BCUT2D eigenvalue weighted by Crippen LogP contribution is -1.85. The molecule has 0 fully saturated rings. The zero-order chi connectivity index (χ0) is 100. The average molecular weight is 1790 g/mol. The highest BCUT2D eigenvalue weighted by Gasteiger charge is 2.22. The predicted octanol–water partition coefficient (Wildman–Crippen LogP) is 43.3. The second kappa shape index (κ2) is 61.4. The summed E-state index contributed by atoms with van der Waals surface area (Å²) < 4.78 is 0. The van der Waals surface area contributed by atoms with Crippen molar-refractivity contribution in [3.05, 3.63) is 417 Å². The van der Waals surface area contributed by atoms with E-state index >= 15 is 0 Å². The SMILES string of the molecule is CC.CC.CC.CC.CC.CC.CC.CC.CC.CC.CC.CC.CC.CC.Cc1cc2ccc3cccc4ccc(c1)c2c34.Cc1cc2cccc3ccc4cccc1c4c32.Cc1ccc2c(c1)-c1ccccc1C2.Cc1ccc2c(c1)Cc1ccccc1-2.Cc1ccc2ccc3cccc4ccc1c2c34.Cc1cccc2c1-c1ccccc1C2.Cc1cccc2c1Cc1ccccc1-2. The molecule has 4 aliphatic rings. The third kappa shape index (κ3) is 27.4. The van der Waals surface area contributed by atoms with Crippen LogP contribution in [0.4, 0.5) is 0 Å². The summed E-state index contributed by atoms with van der Waals surface area (Å²) >= 11 is 0. The first-order valence-corrected chi connectivity index (χ1v) is 52.0. The molecule has 0 saturated carbocycles. The standard InChI is InChI=1S/3C17H12.4C14H12.14C2H6/c1-11-10-14-6-2-4-12-8-9-13-5-3-7-15(11)17(13)16(12)14;1-11-9-14-7-5-12-3-2-4-13-6-8-15(10-11)17(14)16(12)13;1-11-5-6-14-8-7-12-3-2-4-13-9-10-15(11)17(14)16(12)13;1-10-5-4-7-12-9-11-6-2-3-8-13(11)14(10)12;1-10-5-4-8-13-12-7-3-2-6-11(12)9-14(10)13;1-10-6-7-14-12(8-10)9-11-4-2-3-5-13(11)14;1-10-6-7-12-9-11-4-2-3-5-13(11)14(12)8-10;14*1-2/h3*2-10H,1H3;4*2-8H,9H2,1H3;14*1-2H3. The number of hydrogen-bond acceptors (Lipinski definition) is 0. The van der Waals surface area contributed by atoms with Crippen LogP contribution in [0.15, 0.2) is 334 Å². The van der Waals surface area contributed by atoms with E-state index in [4.69, 9.17) is 0 Å². The maximum Gasteiger partial charge on any atom is -0.00108 e. The molecular weight excluding hydrogens is 1620 g/mol. The summed E-state index contributed by atoms with van der Waals surface area (Å²) in [6.45, 7) is 71.3. The van der Waals surface area contributed by atoms with Crippen LogP contribution in [0, 0.1) is 48.5 Å². The molecule has 0 radical (unpaired) electrons. The molecule has 20 aromatic rings. The first kappa shape index (κ1) is 115. The summed E-state index contributed by atoms with van der Waals surface area (Å²) in [5, 5.41) is 24.7. The van der Waals surface area contributed by atoms with Gasteiger partial charge in [-0.05, 0) is 288 Å². The zero-order valence-electron chi connectivity index (χ0n) is 90.1. The summed E-state index contributed by atoms with van der Waals surface area (Å²) in [5.74, 6) is 0. The Morgan fingerprint density at radius 1 is 0.141 bits per heavy atom. The summed E-state index contributed by atoms with van der Waals surface area (Å²) in [4.78, 5) is 0. The van der Waals surface area contributed by atoms with Crippen molar-refractivity contribution in [2.24, 2.45) is 0 Å². The minimum atomic E-state index is 1.10. The normalized spacial score (nSPS) is 10.2. The molecule has 20 aromatic carbocycles. The van der Waals surface area contributed by atoms with Crippen LogP contribution in [0.5, 0.6) is 0 Å². The van der Waals surface area contributed by atoms with Crippen LogP contribution in [0.1, 0.15) is 277 Å². The van der Waals surface area contributed by atoms with Crippen molar-refractivity contribution in [2.75, 3.05) is 0 Å². The number of aryl methyl sites for hydroxylation is 7. The quantitative estimate of drug-likeness (QED) is 0.133. The lowest BCUT2D eigenvalue weighted by atomic mass is 9.92. The van der Waals surface area contributed by atoms with Crippen molar-refractivity contribution in [1.29, 1.82) is 0 Å². The van der Waals surface area contributed by atoms with Gasteiger partial charge in [-0.2, -0.15) is 0 Å². The highest BCUT2D eigenvalue weighted by atomic mass is 14.3. The molecular formula is C135H168. The number of fused-ring (bicyclic) bond motifs is 12. The molecule has 0 aliphatic heterocycles. The van der Waals surface area contributed by atoms with Crippen LogP contribution in [-0.2, 0) is 25.7 Å². The molecule has 0 heterocycles. The van der Waals surface area contributed by atoms with Gasteiger partial charge >= 0.3 is 0 Å². The summed E-state index contributed by atoms with van der Waals surface area (Å²) in [6, 6.07) is 121. The van der Waals surface area contributed by atoms with Crippen LogP contribution in [0.2, 0.25) is 0 Å². The Hall–Kier alpha value is -12.5.